The molecular weight excluding hydrogens is 938 g/mol. The number of hydrogen-bond acceptors (Lipinski definition) is 5. The molecule has 0 N–H and O–H groups in total. The molecule has 0 spiro atoms. The van der Waals surface area contributed by atoms with Gasteiger partial charge < -0.3 is 14.7 Å². The average molecular weight is 984 g/mol. The summed E-state index contributed by atoms with van der Waals surface area (Å²) < 4.78 is 0. The van der Waals surface area contributed by atoms with Gasteiger partial charge in [-0.2, -0.15) is 0 Å². The van der Waals surface area contributed by atoms with Crippen LogP contribution in [0.1, 0.15) is 0 Å². The van der Waals surface area contributed by atoms with E-state index < -0.39 is 8.07 Å². The highest BCUT2D eigenvalue weighted by atomic mass is 32.2. The van der Waals surface area contributed by atoms with E-state index in [1.54, 1.807) is 0 Å². The molecule has 0 saturated carbocycles. The summed E-state index contributed by atoms with van der Waals surface area (Å²) in [4.78, 5) is 12.7. The Kier molecular flexibility index (Phi) is 10.8. The fraction of sp³-hybridized carbons (Fsp3) is 0. The largest absolute Gasteiger partial charge is 0.311 e. The van der Waals surface area contributed by atoms with Crippen molar-refractivity contribution < 1.29 is 0 Å². The first-order chi connectivity index (χ1) is 36.2. The molecule has 3 aliphatic rings. The lowest BCUT2D eigenvalue weighted by molar-refractivity contribution is 1.22. The maximum atomic E-state index is 2.61. The molecule has 73 heavy (non-hydrogen) atoms. The molecule has 14 rings (SSSR count). The smallest absolute Gasteiger partial charge is 0.247 e. The van der Waals surface area contributed by atoms with Crippen molar-refractivity contribution >= 4 is 127 Å². The zero-order valence-electron chi connectivity index (χ0n) is 39.8. The molecule has 0 unspecified atom stereocenters. The van der Waals surface area contributed by atoms with Crippen LogP contribution in [-0.4, -0.2) is 14.8 Å². The van der Waals surface area contributed by atoms with Crippen molar-refractivity contribution in [1.82, 2.24) is 0 Å². The molecule has 0 fully saturated rings. The van der Waals surface area contributed by atoms with E-state index in [2.05, 4.69) is 294 Å². The average Bonchev–Trinajstić information content (AvgIpc) is 3.46. The SMILES string of the molecule is c1ccc(N(c2ccccc2)c2ccc3c(c2)[Si](c2ccccc2)(c2ccccc2)c2cc(N(c4ccccc4)c4ccccc4)ccc2N3c2cc3c4c(c2)Sc2ccccc2B4c2ccccc2S3)cc1. The predicted octanol–water partition coefficient (Wildman–Crippen LogP) is 13.2. The van der Waals surface area contributed by atoms with Crippen molar-refractivity contribution in [1.29, 1.82) is 0 Å². The molecule has 0 aliphatic carbocycles. The molecule has 3 aliphatic heterocycles. The van der Waals surface area contributed by atoms with Gasteiger partial charge in [-0.1, -0.05) is 204 Å². The number of hydrogen-bond donors (Lipinski definition) is 0. The van der Waals surface area contributed by atoms with E-state index in [-0.39, 0.29) is 6.71 Å². The van der Waals surface area contributed by atoms with Gasteiger partial charge in [-0.25, -0.2) is 0 Å². The molecule has 0 aromatic heterocycles. The van der Waals surface area contributed by atoms with Gasteiger partial charge in [-0.15, -0.1) is 0 Å². The Morgan fingerprint density at radius 1 is 0.315 bits per heavy atom. The number of para-hydroxylation sites is 4. The summed E-state index contributed by atoms with van der Waals surface area (Å²) in [5.41, 5.74) is 14.4. The second-order valence-corrected chi connectivity index (χ2v) is 24.7. The molecule has 0 atom stereocenters. The van der Waals surface area contributed by atoms with E-state index >= 15 is 0 Å². The molecular formula is C66H46BN3S2Si. The summed E-state index contributed by atoms with van der Waals surface area (Å²) in [5.74, 6) is 0. The van der Waals surface area contributed by atoms with E-state index in [1.807, 2.05) is 23.5 Å². The Bertz CT molecular complexity index is 3500. The second kappa shape index (κ2) is 18.1. The van der Waals surface area contributed by atoms with Crippen molar-refractivity contribution in [2.24, 2.45) is 0 Å². The van der Waals surface area contributed by atoms with Crippen LogP contribution in [0.5, 0.6) is 0 Å². The van der Waals surface area contributed by atoms with Gasteiger partial charge in [0.15, 0.2) is 8.07 Å². The predicted molar refractivity (Wildman–Crippen MR) is 313 cm³/mol. The van der Waals surface area contributed by atoms with Crippen molar-refractivity contribution in [2.75, 3.05) is 14.7 Å². The van der Waals surface area contributed by atoms with E-state index in [9.17, 15) is 0 Å². The molecule has 7 heteroatoms. The lowest BCUT2D eigenvalue weighted by Gasteiger charge is -2.46. The number of nitrogens with zero attached hydrogens (tertiary/aromatic N) is 3. The highest BCUT2D eigenvalue weighted by Gasteiger charge is 2.50. The molecule has 3 heterocycles. The summed E-state index contributed by atoms with van der Waals surface area (Å²) >= 11 is 3.83. The third kappa shape index (κ3) is 7.21. The molecule has 11 aromatic carbocycles. The number of rotatable bonds is 9. The first kappa shape index (κ1) is 43.6. The van der Waals surface area contributed by atoms with Crippen LogP contribution in [0.2, 0.25) is 0 Å². The zero-order valence-corrected chi connectivity index (χ0v) is 42.4. The van der Waals surface area contributed by atoms with Crippen LogP contribution in [-0.2, 0) is 0 Å². The summed E-state index contributed by atoms with van der Waals surface area (Å²) in [6.07, 6.45) is 0. The van der Waals surface area contributed by atoms with E-state index in [4.69, 9.17) is 0 Å². The molecule has 0 radical (unpaired) electrons. The fourth-order valence-electron chi connectivity index (χ4n) is 11.7. The van der Waals surface area contributed by atoms with Crippen LogP contribution in [0.25, 0.3) is 0 Å². The topological polar surface area (TPSA) is 9.72 Å². The fourth-order valence-corrected chi connectivity index (χ4v) is 19.4. The van der Waals surface area contributed by atoms with E-state index in [0.29, 0.717) is 0 Å². The minimum absolute atomic E-state index is 0.167. The first-order valence-corrected chi connectivity index (χ1v) is 28.6. The Morgan fingerprint density at radius 3 is 1.04 bits per heavy atom. The Labute approximate surface area is 437 Å². The molecule has 344 valence electrons. The molecule has 0 amide bonds. The maximum absolute atomic E-state index is 3.26. The van der Waals surface area contributed by atoms with E-state index in [0.717, 1.165) is 39.8 Å². The maximum Gasteiger partial charge on any atom is 0.247 e. The highest BCUT2D eigenvalue weighted by Crippen LogP contribution is 2.47. The monoisotopic (exact) mass is 983 g/mol. The van der Waals surface area contributed by atoms with Gasteiger partial charge in [0.05, 0.1) is 0 Å². The lowest BCUT2D eigenvalue weighted by Crippen LogP contribution is -2.77. The quantitative estimate of drug-likeness (QED) is 0.133. The summed E-state index contributed by atoms with van der Waals surface area (Å²) in [5, 5.41) is 5.32. The van der Waals surface area contributed by atoms with Crippen LogP contribution < -0.4 is 51.8 Å². The summed E-state index contributed by atoms with van der Waals surface area (Å²) in [6.45, 7) is 0.167. The van der Waals surface area contributed by atoms with Gasteiger partial charge in [0.2, 0.25) is 6.71 Å². The molecule has 3 nitrogen and oxygen atoms in total. The minimum Gasteiger partial charge on any atom is -0.311 e. The van der Waals surface area contributed by atoms with Crippen molar-refractivity contribution in [3.8, 4) is 0 Å². The van der Waals surface area contributed by atoms with Crippen LogP contribution in [0.3, 0.4) is 0 Å². The van der Waals surface area contributed by atoms with Crippen LogP contribution in [0.15, 0.2) is 299 Å². The standard InChI is InChI=1S/C66H46BN3S2Si/c1-7-23-47(24-8-1)68(48-25-9-2-10-26-48)51-39-41-58-64(45-51)73(54-31-15-5-16-32-54,55-33-17-6-18-34-55)65-46-52(69(49-27-11-3-12-28-49)50-29-13-4-14-30-50)40-42-59(65)70(58)53-43-62-66-63(44-53)72-61-38-22-20-36-57(61)67(66)56-35-19-21-37-60(56)71-62/h1-46H. The number of fused-ring (bicyclic) bond motifs is 6. The zero-order chi connectivity index (χ0) is 48.3. The van der Waals surface area contributed by atoms with Crippen molar-refractivity contribution in [3.63, 3.8) is 0 Å². The van der Waals surface area contributed by atoms with Gasteiger partial charge in [0.25, 0.3) is 0 Å². The normalized spacial score (nSPS) is 13.4. The molecule has 0 saturated heterocycles. The number of benzene rings is 11. The molecule has 11 aromatic rings. The lowest BCUT2D eigenvalue weighted by atomic mass is 9.36. The van der Waals surface area contributed by atoms with Crippen LogP contribution in [0.4, 0.5) is 51.2 Å². The molecule has 0 bridgehead atoms. The van der Waals surface area contributed by atoms with Gasteiger partial charge in [-0.05, 0) is 135 Å². The number of anilines is 9. The van der Waals surface area contributed by atoms with Crippen molar-refractivity contribution in [3.05, 3.63) is 279 Å². The van der Waals surface area contributed by atoms with Gasteiger partial charge in [0, 0.05) is 70.8 Å². The Balaban J connectivity index is 1.09. The van der Waals surface area contributed by atoms with E-state index in [1.165, 1.54) is 68.1 Å². The first-order valence-electron chi connectivity index (χ1n) is 24.9. The van der Waals surface area contributed by atoms with Gasteiger partial charge in [-0.3, -0.25) is 0 Å². The second-order valence-electron chi connectivity index (χ2n) is 18.8. The third-order valence-electron chi connectivity index (χ3n) is 14.8. The van der Waals surface area contributed by atoms with Crippen LogP contribution >= 0.6 is 23.5 Å². The Hall–Kier alpha value is -8.20. The van der Waals surface area contributed by atoms with Crippen molar-refractivity contribution in [2.45, 2.75) is 19.6 Å². The Morgan fingerprint density at radius 2 is 0.658 bits per heavy atom. The van der Waals surface area contributed by atoms with Gasteiger partial charge >= 0.3 is 0 Å². The summed E-state index contributed by atoms with van der Waals surface area (Å²) in [7, 11) is -3.26. The summed E-state index contributed by atoms with van der Waals surface area (Å²) in [6, 6.07) is 104. The third-order valence-corrected chi connectivity index (χ3v) is 21.9. The highest BCUT2D eigenvalue weighted by molar-refractivity contribution is 8.01. The minimum atomic E-state index is -3.26. The van der Waals surface area contributed by atoms with Gasteiger partial charge in [0.1, 0.15) is 0 Å². The van der Waals surface area contributed by atoms with Crippen LogP contribution in [0, 0.1) is 0 Å².